The predicted molar refractivity (Wildman–Crippen MR) is 134 cm³/mol. The lowest BCUT2D eigenvalue weighted by Crippen LogP contribution is -2.40. The monoisotopic (exact) mass is 475 g/mol. The molecule has 0 amide bonds. The number of carbonyl (C=O) groups is 2. The number of rotatable bonds is 3. The van der Waals surface area contributed by atoms with Crippen LogP contribution in [0.2, 0.25) is 0 Å². The molecule has 2 heterocycles. The summed E-state index contributed by atoms with van der Waals surface area (Å²) in [6.45, 7) is 5.95. The van der Waals surface area contributed by atoms with Crippen molar-refractivity contribution in [1.82, 2.24) is 5.32 Å². The van der Waals surface area contributed by atoms with E-state index in [1.54, 1.807) is 18.2 Å². The number of dihydropyridines is 1. The number of benzene rings is 1. The van der Waals surface area contributed by atoms with Crippen LogP contribution >= 0.6 is 0 Å². The third-order valence-electron chi connectivity index (χ3n) is 7.55. The van der Waals surface area contributed by atoms with Crippen molar-refractivity contribution in [2.45, 2.75) is 84.2 Å². The second kappa shape index (κ2) is 9.14. The number of allylic oxidation sites excluding steroid dienone is 3. The van der Waals surface area contributed by atoms with Gasteiger partial charge in [0.2, 0.25) is 0 Å². The minimum absolute atomic E-state index is 0.0476. The van der Waals surface area contributed by atoms with E-state index in [-0.39, 0.29) is 22.7 Å². The highest BCUT2D eigenvalue weighted by atomic mass is 16.5. The summed E-state index contributed by atoms with van der Waals surface area (Å²) in [6.07, 6.45) is 8.35. The van der Waals surface area contributed by atoms with Crippen molar-refractivity contribution < 1.29 is 18.7 Å². The Balaban J connectivity index is 1.63. The van der Waals surface area contributed by atoms with Crippen LogP contribution in [0.25, 0.3) is 11.0 Å². The molecule has 0 bridgehead atoms. The number of ether oxygens (including phenoxy) is 1. The lowest BCUT2D eigenvalue weighted by atomic mass is 9.68. The van der Waals surface area contributed by atoms with E-state index >= 15 is 0 Å². The van der Waals surface area contributed by atoms with Gasteiger partial charge in [0.15, 0.2) is 11.2 Å². The van der Waals surface area contributed by atoms with Crippen LogP contribution in [-0.4, -0.2) is 17.9 Å². The molecule has 5 rings (SSSR count). The lowest BCUT2D eigenvalue weighted by Gasteiger charge is -2.39. The SMILES string of the molecule is CC1=C(C(=O)OC2CCCCCC2)[C@@H](c2coc3ccccc3c2=O)C2=C(CC(C)(C)CC2=O)N1. The third kappa shape index (κ3) is 4.46. The molecule has 6 heteroatoms. The van der Waals surface area contributed by atoms with Crippen molar-refractivity contribution in [3.05, 3.63) is 68.9 Å². The smallest absolute Gasteiger partial charge is 0.337 e. The molecular weight excluding hydrogens is 442 g/mol. The van der Waals surface area contributed by atoms with E-state index in [9.17, 15) is 14.4 Å². The Labute approximate surface area is 205 Å². The summed E-state index contributed by atoms with van der Waals surface area (Å²) in [5.74, 6) is -1.31. The van der Waals surface area contributed by atoms with Gasteiger partial charge in [-0.3, -0.25) is 9.59 Å². The molecule has 0 unspecified atom stereocenters. The largest absolute Gasteiger partial charge is 0.464 e. The topological polar surface area (TPSA) is 85.6 Å². The Morgan fingerprint density at radius 3 is 2.51 bits per heavy atom. The summed E-state index contributed by atoms with van der Waals surface area (Å²) < 4.78 is 11.8. The Morgan fingerprint density at radius 2 is 1.77 bits per heavy atom. The quantitative estimate of drug-likeness (QED) is 0.455. The number of nitrogens with one attached hydrogen (secondary N) is 1. The van der Waals surface area contributed by atoms with Crippen LogP contribution in [-0.2, 0) is 14.3 Å². The molecule has 184 valence electrons. The summed E-state index contributed by atoms with van der Waals surface area (Å²) in [5, 5.41) is 3.78. The maximum Gasteiger partial charge on any atom is 0.337 e. The first-order valence-corrected chi connectivity index (χ1v) is 12.7. The first kappa shape index (κ1) is 23.6. The third-order valence-corrected chi connectivity index (χ3v) is 7.55. The molecule has 35 heavy (non-hydrogen) atoms. The zero-order valence-corrected chi connectivity index (χ0v) is 20.7. The lowest BCUT2D eigenvalue weighted by molar-refractivity contribution is -0.145. The number of ketones is 1. The van der Waals surface area contributed by atoms with Crippen molar-refractivity contribution in [1.29, 1.82) is 0 Å². The normalized spacial score (nSPS) is 23.1. The molecule has 1 aliphatic heterocycles. The second-order valence-electron chi connectivity index (χ2n) is 11.0. The van der Waals surface area contributed by atoms with Crippen molar-refractivity contribution in [2.24, 2.45) is 5.41 Å². The fourth-order valence-electron chi connectivity index (χ4n) is 5.88. The molecule has 2 aromatic rings. The van der Waals surface area contributed by atoms with Gasteiger partial charge in [-0.1, -0.05) is 38.8 Å². The molecule has 1 aromatic heterocycles. The molecule has 1 fully saturated rings. The zero-order valence-electron chi connectivity index (χ0n) is 20.7. The maximum absolute atomic E-state index is 13.7. The number of fused-ring (bicyclic) bond motifs is 1. The molecule has 0 radical (unpaired) electrons. The van der Waals surface area contributed by atoms with Gasteiger partial charge in [-0.15, -0.1) is 0 Å². The number of hydrogen-bond donors (Lipinski definition) is 1. The highest BCUT2D eigenvalue weighted by Gasteiger charge is 2.44. The highest BCUT2D eigenvalue weighted by molar-refractivity contribution is 6.04. The molecule has 0 saturated heterocycles. The van der Waals surface area contributed by atoms with Gasteiger partial charge in [0.1, 0.15) is 11.7 Å². The predicted octanol–water partition coefficient (Wildman–Crippen LogP) is 5.66. The average Bonchev–Trinajstić information content (AvgIpc) is 3.06. The maximum atomic E-state index is 13.7. The molecule has 0 spiro atoms. The van der Waals surface area contributed by atoms with Crippen LogP contribution in [0.4, 0.5) is 0 Å². The van der Waals surface area contributed by atoms with E-state index < -0.39 is 11.9 Å². The first-order chi connectivity index (χ1) is 16.7. The molecular formula is C29H33NO5. The number of Topliss-reactive ketones (excluding diaryl/α,β-unsaturated/α-hetero) is 1. The van der Waals surface area contributed by atoms with Crippen molar-refractivity contribution in [3.8, 4) is 0 Å². The number of carbonyl (C=O) groups excluding carboxylic acids is 2. The van der Waals surface area contributed by atoms with Crippen LogP contribution in [0.3, 0.4) is 0 Å². The van der Waals surface area contributed by atoms with Gasteiger partial charge in [-0.05, 0) is 56.6 Å². The fourth-order valence-corrected chi connectivity index (χ4v) is 5.88. The van der Waals surface area contributed by atoms with Crippen LogP contribution in [0.15, 0.2) is 62.3 Å². The van der Waals surface area contributed by atoms with Gasteiger partial charge in [0, 0.05) is 29.0 Å². The van der Waals surface area contributed by atoms with Crippen molar-refractivity contribution in [2.75, 3.05) is 0 Å². The van der Waals surface area contributed by atoms with Gasteiger partial charge >= 0.3 is 5.97 Å². The van der Waals surface area contributed by atoms with E-state index in [0.717, 1.165) is 44.2 Å². The van der Waals surface area contributed by atoms with Gasteiger partial charge in [0.05, 0.1) is 23.1 Å². The summed E-state index contributed by atoms with van der Waals surface area (Å²) in [5.41, 5.74) is 2.59. The minimum atomic E-state index is -0.811. The van der Waals surface area contributed by atoms with E-state index in [2.05, 4.69) is 19.2 Å². The van der Waals surface area contributed by atoms with Crippen LogP contribution < -0.4 is 10.7 Å². The summed E-state index contributed by atoms with van der Waals surface area (Å²) in [4.78, 5) is 40.8. The number of esters is 1. The highest BCUT2D eigenvalue weighted by Crippen LogP contribution is 2.46. The van der Waals surface area contributed by atoms with Gasteiger partial charge < -0.3 is 14.5 Å². The van der Waals surface area contributed by atoms with Crippen molar-refractivity contribution in [3.63, 3.8) is 0 Å². The average molecular weight is 476 g/mol. The number of para-hydroxylation sites is 1. The van der Waals surface area contributed by atoms with Gasteiger partial charge in [-0.25, -0.2) is 4.79 Å². The van der Waals surface area contributed by atoms with E-state index in [4.69, 9.17) is 9.15 Å². The van der Waals surface area contributed by atoms with Gasteiger partial charge in [0.25, 0.3) is 0 Å². The standard InChI is InChI=1S/C29H33NO5/c1-17-24(28(33)35-18-10-6-4-5-7-11-18)25(26-21(30-17)14-29(2,3)15-22(26)31)20-16-34-23-13-9-8-12-19(23)27(20)32/h8-9,12-13,16,18,25,30H,4-7,10-11,14-15H2,1-3H3/t25-/m1/s1. The molecule has 1 saturated carbocycles. The summed E-state index contributed by atoms with van der Waals surface area (Å²) >= 11 is 0. The van der Waals surface area contributed by atoms with Crippen LogP contribution in [0, 0.1) is 5.41 Å². The summed E-state index contributed by atoms with van der Waals surface area (Å²) in [7, 11) is 0. The molecule has 6 nitrogen and oxygen atoms in total. The molecule has 1 atom stereocenters. The molecule has 1 N–H and O–H groups in total. The van der Waals surface area contributed by atoms with E-state index in [1.807, 2.05) is 13.0 Å². The van der Waals surface area contributed by atoms with Crippen molar-refractivity contribution >= 4 is 22.7 Å². The Hall–Kier alpha value is -3.15. The zero-order chi connectivity index (χ0) is 24.7. The minimum Gasteiger partial charge on any atom is -0.464 e. The fraction of sp³-hybridized carbons (Fsp3) is 0.483. The van der Waals surface area contributed by atoms with Crippen LogP contribution in [0.1, 0.15) is 83.6 Å². The first-order valence-electron chi connectivity index (χ1n) is 12.7. The summed E-state index contributed by atoms with van der Waals surface area (Å²) in [6, 6.07) is 7.05. The van der Waals surface area contributed by atoms with Crippen LogP contribution in [0.5, 0.6) is 0 Å². The van der Waals surface area contributed by atoms with E-state index in [0.29, 0.717) is 46.2 Å². The van der Waals surface area contributed by atoms with E-state index in [1.165, 1.54) is 6.26 Å². The Bertz CT molecular complexity index is 1300. The number of hydrogen-bond acceptors (Lipinski definition) is 6. The second-order valence-corrected chi connectivity index (χ2v) is 11.0. The molecule has 3 aliphatic rings. The Morgan fingerprint density at radius 1 is 1.06 bits per heavy atom. The van der Waals surface area contributed by atoms with Gasteiger partial charge in [-0.2, -0.15) is 0 Å². The molecule has 1 aromatic carbocycles. The Kier molecular flexibility index (Phi) is 6.16. The molecule has 2 aliphatic carbocycles.